The highest BCUT2D eigenvalue weighted by Gasteiger charge is 2.28. The maximum Gasteiger partial charge on any atom is 0.189 e. The van der Waals surface area contributed by atoms with Gasteiger partial charge in [0.1, 0.15) is 0 Å². The summed E-state index contributed by atoms with van der Waals surface area (Å²) in [6.07, 6.45) is 2.47. The summed E-state index contributed by atoms with van der Waals surface area (Å²) < 4.78 is 0. The Morgan fingerprint density at radius 2 is 2.00 bits per heavy atom. The van der Waals surface area contributed by atoms with Crippen LogP contribution >= 0.6 is 11.6 Å². The van der Waals surface area contributed by atoms with Crippen molar-refractivity contribution in [2.75, 3.05) is 5.73 Å². The summed E-state index contributed by atoms with van der Waals surface area (Å²) in [5.74, 6) is -0.107. The molecule has 3 N–H and O–H groups in total. The van der Waals surface area contributed by atoms with Crippen LogP contribution in [-0.4, -0.2) is 11.3 Å². The molecule has 0 aliphatic carbocycles. The third-order valence-electron chi connectivity index (χ3n) is 3.96. The molecule has 0 radical (unpaired) electrons. The highest BCUT2D eigenvalue weighted by Crippen LogP contribution is 2.31. The molecule has 0 atom stereocenters. The van der Waals surface area contributed by atoms with Crippen molar-refractivity contribution in [3.05, 3.63) is 70.3 Å². The van der Waals surface area contributed by atoms with Gasteiger partial charge in [0.2, 0.25) is 0 Å². The van der Waals surface area contributed by atoms with E-state index >= 15 is 0 Å². The number of hydrogen-bond donors (Lipinski definition) is 2. The Balaban J connectivity index is 2.05. The summed E-state index contributed by atoms with van der Waals surface area (Å²) in [5, 5.41) is 4.15. The van der Waals surface area contributed by atoms with Gasteiger partial charge in [-0.2, -0.15) is 0 Å². The largest absolute Gasteiger partial charge is 0.398 e. The molecule has 0 unspecified atom stereocenters. The van der Waals surface area contributed by atoms with Crippen LogP contribution in [0, 0.1) is 0 Å². The van der Waals surface area contributed by atoms with Crippen LogP contribution in [0.2, 0.25) is 5.02 Å². The number of nitrogens with two attached hydrogens (primary N) is 1. The van der Waals surface area contributed by atoms with Crippen molar-refractivity contribution < 1.29 is 4.79 Å². The van der Waals surface area contributed by atoms with Gasteiger partial charge in [0, 0.05) is 39.1 Å². The van der Waals surface area contributed by atoms with E-state index in [-0.39, 0.29) is 11.3 Å². The smallest absolute Gasteiger partial charge is 0.189 e. The van der Waals surface area contributed by atoms with Crippen molar-refractivity contribution in [2.45, 2.75) is 25.8 Å². The molecule has 23 heavy (non-hydrogen) atoms. The van der Waals surface area contributed by atoms with E-state index in [0.29, 0.717) is 16.3 Å². The second-order valence-electron chi connectivity index (χ2n) is 6.50. The Kier molecular flexibility index (Phi) is 3.90. The number of anilines is 1. The molecule has 3 nitrogen and oxygen atoms in total. The predicted molar refractivity (Wildman–Crippen MR) is 95.5 cm³/mol. The van der Waals surface area contributed by atoms with E-state index in [1.165, 1.54) is 0 Å². The first kappa shape index (κ1) is 15.6. The molecule has 1 aliphatic rings. The van der Waals surface area contributed by atoms with Crippen LogP contribution in [0.1, 0.15) is 35.3 Å². The second-order valence-corrected chi connectivity index (χ2v) is 6.93. The number of benzene rings is 2. The molecular formula is C19H19ClN2O. The van der Waals surface area contributed by atoms with E-state index in [0.717, 1.165) is 23.2 Å². The number of nitrogens with one attached hydrogen (secondary N) is 1. The lowest BCUT2D eigenvalue weighted by atomic mass is 9.85. The number of ketones is 1. The first-order chi connectivity index (χ1) is 10.9. The van der Waals surface area contributed by atoms with Gasteiger partial charge in [-0.05, 0) is 50.1 Å². The maximum absolute atomic E-state index is 12.6. The Bertz CT molecular complexity index is 809. The van der Waals surface area contributed by atoms with Crippen LogP contribution in [-0.2, 0) is 6.42 Å². The monoisotopic (exact) mass is 326 g/mol. The number of halogens is 1. The fraction of sp³-hybridized carbons (Fsp3) is 0.211. The first-order valence-corrected chi connectivity index (χ1v) is 7.91. The average Bonchev–Trinajstić information content (AvgIpc) is 2.45. The van der Waals surface area contributed by atoms with Crippen molar-refractivity contribution in [2.24, 2.45) is 0 Å². The zero-order chi connectivity index (χ0) is 16.6. The molecule has 0 bridgehead atoms. The maximum atomic E-state index is 12.6. The second kappa shape index (κ2) is 5.74. The summed E-state index contributed by atoms with van der Waals surface area (Å²) in [6, 6.07) is 12.9. The van der Waals surface area contributed by atoms with Crippen molar-refractivity contribution >= 4 is 28.8 Å². The molecule has 2 aromatic carbocycles. The third-order valence-corrected chi connectivity index (χ3v) is 4.20. The van der Waals surface area contributed by atoms with Gasteiger partial charge >= 0.3 is 0 Å². The molecule has 1 aliphatic heterocycles. The Morgan fingerprint density at radius 1 is 1.26 bits per heavy atom. The lowest BCUT2D eigenvalue weighted by Crippen LogP contribution is -2.43. The zero-order valence-electron chi connectivity index (χ0n) is 13.2. The number of para-hydroxylation sites is 1. The summed E-state index contributed by atoms with van der Waals surface area (Å²) in [5.41, 5.74) is 9.72. The molecule has 1 heterocycles. The van der Waals surface area contributed by atoms with Gasteiger partial charge in [-0.15, -0.1) is 0 Å². The van der Waals surface area contributed by atoms with Gasteiger partial charge in [0.15, 0.2) is 5.78 Å². The number of fused-ring (bicyclic) bond motifs is 1. The number of rotatable bonds is 2. The van der Waals surface area contributed by atoms with E-state index in [1.54, 1.807) is 18.2 Å². The van der Waals surface area contributed by atoms with E-state index in [2.05, 4.69) is 19.2 Å². The summed E-state index contributed by atoms with van der Waals surface area (Å²) in [7, 11) is 0. The highest BCUT2D eigenvalue weighted by molar-refractivity contribution is 6.30. The molecule has 0 spiro atoms. The number of allylic oxidation sites excluding steroid dienone is 1. The molecular weight excluding hydrogens is 308 g/mol. The van der Waals surface area contributed by atoms with Gasteiger partial charge in [0.05, 0.1) is 0 Å². The fourth-order valence-electron chi connectivity index (χ4n) is 2.97. The highest BCUT2D eigenvalue weighted by atomic mass is 35.5. The van der Waals surface area contributed by atoms with Crippen LogP contribution in [0.15, 0.2) is 48.5 Å². The minimum atomic E-state index is -0.147. The fourth-order valence-corrected chi connectivity index (χ4v) is 3.16. The third kappa shape index (κ3) is 3.25. The Hall–Kier alpha value is -2.26. The van der Waals surface area contributed by atoms with Crippen molar-refractivity contribution in [3.8, 4) is 0 Å². The zero-order valence-corrected chi connectivity index (χ0v) is 13.9. The normalized spacial score (nSPS) is 17.4. The van der Waals surface area contributed by atoms with Crippen LogP contribution in [0.25, 0.3) is 5.70 Å². The summed E-state index contributed by atoms with van der Waals surface area (Å²) in [4.78, 5) is 12.6. The summed E-state index contributed by atoms with van der Waals surface area (Å²) >= 11 is 6.12. The first-order valence-electron chi connectivity index (χ1n) is 7.53. The van der Waals surface area contributed by atoms with Crippen LogP contribution in [0.3, 0.4) is 0 Å². The summed E-state index contributed by atoms with van der Waals surface area (Å²) in [6.45, 7) is 4.21. The molecule has 3 rings (SSSR count). The SMILES string of the molecule is CC1(C)Cc2cc(Cl)ccc2C(=CC(=O)c2ccccc2N)N1. The van der Waals surface area contributed by atoms with Gasteiger partial charge < -0.3 is 11.1 Å². The van der Waals surface area contributed by atoms with Crippen molar-refractivity contribution in [1.29, 1.82) is 0 Å². The van der Waals surface area contributed by atoms with E-state index in [1.807, 2.05) is 30.3 Å². The minimum absolute atomic E-state index is 0.107. The van der Waals surface area contributed by atoms with Gasteiger partial charge in [-0.3, -0.25) is 4.79 Å². The topological polar surface area (TPSA) is 55.1 Å². The van der Waals surface area contributed by atoms with Gasteiger partial charge in [-0.1, -0.05) is 29.8 Å². The van der Waals surface area contributed by atoms with Crippen LogP contribution in [0.4, 0.5) is 5.69 Å². The number of carbonyl (C=O) groups is 1. The number of hydrogen-bond acceptors (Lipinski definition) is 3. The number of carbonyl (C=O) groups excluding carboxylic acids is 1. The van der Waals surface area contributed by atoms with Crippen molar-refractivity contribution in [1.82, 2.24) is 5.32 Å². The average molecular weight is 327 g/mol. The van der Waals surface area contributed by atoms with Crippen LogP contribution < -0.4 is 11.1 Å². The molecule has 118 valence electrons. The van der Waals surface area contributed by atoms with Gasteiger partial charge in [0.25, 0.3) is 0 Å². The minimum Gasteiger partial charge on any atom is -0.398 e. The van der Waals surface area contributed by atoms with Crippen LogP contribution in [0.5, 0.6) is 0 Å². The lowest BCUT2D eigenvalue weighted by molar-refractivity contribution is 0.104. The standard InChI is InChI=1S/C19H19ClN2O/c1-19(2)11-12-9-13(20)7-8-14(12)17(22-19)10-18(23)15-5-3-4-6-16(15)21/h3-10,22H,11,21H2,1-2H3. The van der Waals surface area contributed by atoms with Gasteiger partial charge in [-0.25, -0.2) is 0 Å². The lowest BCUT2D eigenvalue weighted by Gasteiger charge is -2.35. The molecule has 4 heteroatoms. The Labute approximate surface area is 141 Å². The Morgan fingerprint density at radius 3 is 2.74 bits per heavy atom. The molecule has 0 amide bonds. The van der Waals surface area contributed by atoms with Crippen molar-refractivity contribution in [3.63, 3.8) is 0 Å². The number of nitrogen functional groups attached to an aromatic ring is 1. The van der Waals surface area contributed by atoms with E-state index in [9.17, 15) is 4.79 Å². The molecule has 0 saturated carbocycles. The van der Waals surface area contributed by atoms with E-state index in [4.69, 9.17) is 17.3 Å². The molecule has 0 saturated heterocycles. The van der Waals surface area contributed by atoms with E-state index < -0.39 is 0 Å². The molecule has 0 fully saturated rings. The molecule has 0 aromatic heterocycles. The molecule has 2 aromatic rings. The quantitative estimate of drug-likeness (QED) is 0.497. The predicted octanol–water partition coefficient (Wildman–Crippen LogP) is 4.07.